The van der Waals surface area contributed by atoms with Crippen LogP contribution in [0, 0.1) is 6.92 Å². The molecule has 0 saturated carbocycles. The largest absolute Gasteiger partial charge is 0.391 e. The van der Waals surface area contributed by atoms with Crippen LogP contribution in [0.2, 0.25) is 0 Å². The van der Waals surface area contributed by atoms with Gasteiger partial charge in [0.05, 0.1) is 15.4 Å². The summed E-state index contributed by atoms with van der Waals surface area (Å²) in [6.45, 7) is 1.97. The molecule has 3 heterocycles. The predicted octanol–water partition coefficient (Wildman–Crippen LogP) is 2.81. The lowest BCUT2D eigenvalue weighted by Gasteiger charge is -1.88. The zero-order valence-corrected chi connectivity index (χ0v) is 10.5. The molecule has 0 aliphatic carbocycles. The van der Waals surface area contributed by atoms with Crippen LogP contribution >= 0.6 is 22.7 Å². The molecular formula is C10H8N4OS2. The summed E-state index contributed by atoms with van der Waals surface area (Å²) in [5, 5.41) is 6.53. The number of nitrogens with zero attached hydrogens (tertiary/aromatic N) is 3. The normalized spacial score (nSPS) is 10.9. The molecule has 0 spiro atoms. The van der Waals surface area contributed by atoms with Crippen LogP contribution in [0.3, 0.4) is 0 Å². The van der Waals surface area contributed by atoms with Gasteiger partial charge in [0, 0.05) is 5.38 Å². The lowest BCUT2D eigenvalue weighted by molar-refractivity contribution is 0.433. The fourth-order valence-corrected chi connectivity index (χ4v) is 2.85. The third-order valence-electron chi connectivity index (χ3n) is 2.22. The maximum absolute atomic E-state index is 5.74. The van der Waals surface area contributed by atoms with Crippen molar-refractivity contribution in [2.75, 3.05) is 5.73 Å². The maximum Gasteiger partial charge on any atom is 0.268 e. The Morgan fingerprint density at radius 2 is 2.29 bits per heavy atom. The SMILES string of the molecule is Cc1cc(N)sc1-c1nc(-c2cscn2)no1. The van der Waals surface area contributed by atoms with E-state index in [1.54, 1.807) is 5.51 Å². The summed E-state index contributed by atoms with van der Waals surface area (Å²) >= 11 is 2.94. The summed E-state index contributed by atoms with van der Waals surface area (Å²) in [5.74, 6) is 1.000. The second-order valence-corrected chi connectivity index (χ2v) is 5.26. The van der Waals surface area contributed by atoms with Gasteiger partial charge in [-0.05, 0) is 18.6 Å². The summed E-state index contributed by atoms with van der Waals surface area (Å²) in [7, 11) is 0. The van der Waals surface area contributed by atoms with Gasteiger partial charge >= 0.3 is 0 Å². The monoisotopic (exact) mass is 264 g/mol. The lowest BCUT2D eigenvalue weighted by atomic mass is 10.3. The molecule has 86 valence electrons. The van der Waals surface area contributed by atoms with E-state index in [4.69, 9.17) is 10.3 Å². The van der Waals surface area contributed by atoms with Crippen molar-refractivity contribution in [3.63, 3.8) is 0 Å². The third-order valence-corrected chi connectivity index (χ3v) is 3.86. The van der Waals surface area contributed by atoms with Crippen LogP contribution in [-0.4, -0.2) is 15.1 Å². The molecule has 0 bridgehead atoms. The second-order valence-electron chi connectivity index (χ2n) is 3.46. The van der Waals surface area contributed by atoms with Gasteiger partial charge in [-0.15, -0.1) is 22.7 Å². The molecule has 17 heavy (non-hydrogen) atoms. The van der Waals surface area contributed by atoms with E-state index in [-0.39, 0.29) is 0 Å². The Hall–Kier alpha value is -1.73. The standard InChI is InChI=1S/C10H8N4OS2/c1-5-2-7(11)17-8(5)10-13-9(14-15-10)6-3-16-4-12-6/h2-4H,11H2,1H3. The highest BCUT2D eigenvalue weighted by Crippen LogP contribution is 2.33. The number of hydrogen-bond donors (Lipinski definition) is 1. The van der Waals surface area contributed by atoms with Crippen molar-refractivity contribution < 1.29 is 4.52 Å². The first-order valence-electron chi connectivity index (χ1n) is 4.82. The van der Waals surface area contributed by atoms with Crippen LogP contribution in [0.15, 0.2) is 21.5 Å². The van der Waals surface area contributed by atoms with E-state index in [2.05, 4.69) is 15.1 Å². The van der Waals surface area contributed by atoms with Gasteiger partial charge in [0.2, 0.25) is 5.82 Å². The van der Waals surface area contributed by atoms with Crippen molar-refractivity contribution in [2.45, 2.75) is 6.92 Å². The molecule has 0 aliphatic rings. The van der Waals surface area contributed by atoms with Crippen LogP contribution in [-0.2, 0) is 0 Å². The van der Waals surface area contributed by atoms with Gasteiger partial charge < -0.3 is 10.3 Å². The molecule has 7 heteroatoms. The highest BCUT2D eigenvalue weighted by Gasteiger charge is 2.15. The van der Waals surface area contributed by atoms with Crippen molar-refractivity contribution in [1.82, 2.24) is 15.1 Å². The van der Waals surface area contributed by atoms with Gasteiger partial charge in [-0.25, -0.2) is 4.98 Å². The zero-order valence-electron chi connectivity index (χ0n) is 8.88. The first-order valence-corrected chi connectivity index (χ1v) is 6.58. The zero-order chi connectivity index (χ0) is 11.8. The summed E-state index contributed by atoms with van der Waals surface area (Å²) in [4.78, 5) is 9.37. The van der Waals surface area contributed by atoms with Gasteiger partial charge in [-0.1, -0.05) is 5.16 Å². The van der Waals surface area contributed by atoms with Gasteiger partial charge in [0.1, 0.15) is 5.69 Å². The Bertz CT molecular complexity index is 641. The third kappa shape index (κ3) is 1.83. The van der Waals surface area contributed by atoms with Crippen molar-refractivity contribution >= 4 is 27.7 Å². The molecular weight excluding hydrogens is 256 g/mol. The Kier molecular flexibility index (Phi) is 2.41. The summed E-state index contributed by atoms with van der Waals surface area (Å²) in [6.07, 6.45) is 0. The highest BCUT2D eigenvalue weighted by atomic mass is 32.1. The molecule has 0 unspecified atom stereocenters. The van der Waals surface area contributed by atoms with Gasteiger partial charge in [-0.2, -0.15) is 4.98 Å². The number of aromatic nitrogens is 3. The molecule has 3 rings (SSSR count). The number of anilines is 1. The van der Waals surface area contributed by atoms with E-state index < -0.39 is 0 Å². The van der Waals surface area contributed by atoms with Gasteiger partial charge in [-0.3, -0.25) is 0 Å². The lowest BCUT2D eigenvalue weighted by Crippen LogP contribution is -1.79. The number of nitrogen functional groups attached to an aromatic ring is 1. The van der Waals surface area contributed by atoms with E-state index in [1.807, 2.05) is 18.4 Å². The molecule has 0 radical (unpaired) electrons. The molecule has 3 aromatic rings. The molecule has 3 aromatic heterocycles. The Labute approximate surface area is 105 Å². The van der Waals surface area contributed by atoms with Crippen LogP contribution in [0.25, 0.3) is 22.3 Å². The smallest absolute Gasteiger partial charge is 0.268 e. The molecule has 0 saturated heterocycles. The Balaban J connectivity index is 2.03. The van der Waals surface area contributed by atoms with Crippen molar-refractivity contribution in [3.8, 4) is 22.3 Å². The number of nitrogens with two attached hydrogens (primary N) is 1. The topological polar surface area (TPSA) is 77.8 Å². The Morgan fingerprint density at radius 1 is 1.41 bits per heavy atom. The first kappa shape index (κ1) is 10.4. The van der Waals surface area contributed by atoms with Crippen LogP contribution in [0.5, 0.6) is 0 Å². The molecule has 5 nitrogen and oxygen atoms in total. The first-order chi connectivity index (χ1) is 8.24. The Morgan fingerprint density at radius 3 is 2.94 bits per heavy atom. The maximum atomic E-state index is 5.74. The second kappa shape index (κ2) is 3.94. The van der Waals surface area contributed by atoms with Crippen molar-refractivity contribution in [2.24, 2.45) is 0 Å². The average Bonchev–Trinajstić information content (AvgIpc) is 2.97. The quantitative estimate of drug-likeness (QED) is 0.770. The van der Waals surface area contributed by atoms with Crippen molar-refractivity contribution in [1.29, 1.82) is 0 Å². The minimum Gasteiger partial charge on any atom is -0.391 e. The average molecular weight is 264 g/mol. The summed E-state index contributed by atoms with van der Waals surface area (Å²) in [6, 6.07) is 1.90. The number of hydrogen-bond acceptors (Lipinski definition) is 7. The summed E-state index contributed by atoms with van der Waals surface area (Å²) in [5.41, 5.74) is 9.24. The summed E-state index contributed by atoms with van der Waals surface area (Å²) < 4.78 is 5.23. The molecule has 0 fully saturated rings. The number of thiazole rings is 1. The minimum atomic E-state index is 0.493. The minimum absolute atomic E-state index is 0.493. The molecule has 0 atom stereocenters. The fourth-order valence-electron chi connectivity index (χ4n) is 1.46. The molecule has 0 amide bonds. The van der Waals surface area contributed by atoms with Gasteiger partial charge in [0.25, 0.3) is 5.89 Å². The number of thiophene rings is 1. The van der Waals surface area contributed by atoms with E-state index in [0.29, 0.717) is 11.7 Å². The number of rotatable bonds is 2. The molecule has 0 aromatic carbocycles. The van der Waals surface area contributed by atoms with Gasteiger partial charge in [0.15, 0.2) is 0 Å². The van der Waals surface area contributed by atoms with E-state index in [9.17, 15) is 0 Å². The van der Waals surface area contributed by atoms with Crippen LogP contribution in [0.1, 0.15) is 5.56 Å². The van der Waals surface area contributed by atoms with Crippen LogP contribution in [0.4, 0.5) is 5.00 Å². The number of aryl methyl sites for hydroxylation is 1. The predicted molar refractivity (Wildman–Crippen MR) is 67.9 cm³/mol. The van der Waals surface area contributed by atoms with E-state index in [1.165, 1.54) is 22.7 Å². The fraction of sp³-hybridized carbons (Fsp3) is 0.100. The molecule has 0 aliphatic heterocycles. The molecule has 2 N–H and O–H groups in total. The van der Waals surface area contributed by atoms with E-state index in [0.717, 1.165) is 21.1 Å². The highest BCUT2D eigenvalue weighted by molar-refractivity contribution is 7.19. The van der Waals surface area contributed by atoms with E-state index >= 15 is 0 Å². The van der Waals surface area contributed by atoms with Crippen molar-refractivity contribution in [3.05, 3.63) is 22.5 Å². The van der Waals surface area contributed by atoms with Crippen LogP contribution < -0.4 is 5.73 Å².